The Morgan fingerprint density at radius 3 is 2.50 bits per heavy atom. The van der Waals surface area contributed by atoms with Crippen LogP contribution in [0, 0.1) is 0 Å². The number of aryl methyl sites for hydroxylation is 1. The van der Waals surface area contributed by atoms with Crippen LogP contribution in [0.3, 0.4) is 0 Å². The van der Waals surface area contributed by atoms with Crippen LogP contribution in [-0.4, -0.2) is 11.6 Å². The van der Waals surface area contributed by atoms with Gasteiger partial charge in [0.25, 0.3) is 5.91 Å². The summed E-state index contributed by atoms with van der Waals surface area (Å²) in [6.07, 6.45) is 2.20. The van der Waals surface area contributed by atoms with Crippen molar-refractivity contribution < 1.29 is 4.79 Å². The van der Waals surface area contributed by atoms with Gasteiger partial charge in [-0.3, -0.25) is 4.79 Å². The van der Waals surface area contributed by atoms with E-state index in [4.69, 9.17) is 11.6 Å². The van der Waals surface area contributed by atoms with Crippen molar-refractivity contribution in [2.24, 2.45) is 5.10 Å². The minimum atomic E-state index is -0.274. The highest BCUT2D eigenvalue weighted by Gasteiger charge is 2.05. The van der Waals surface area contributed by atoms with E-state index in [1.807, 2.05) is 19.1 Å². The van der Waals surface area contributed by atoms with Crippen molar-refractivity contribution in [1.29, 1.82) is 0 Å². The molecule has 2 rings (SSSR count). The molecule has 1 N–H and O–H groups in total. The van der Waals surface area contributed by atoms with Gasteiger partial charge < -0.3 is 0 Å². The molecule has 0 radical (unpaired) electrons. The highest BCUT2D eigenvalue weighted by atomic mass is 35.5. The SMILES string of the molecule is CCCc1ccc(/C(C)=N/NC(=O)c2cccc(Cl)c2)cc1. The first-order chi connectivity index (χ1) is 10.6. The molecule has 1 amide bonds. The molecule has 0 saturated heterocycles. The fourth-order valence-electron chi connectivity index (χ4n) is 2.09. The number of hydrogen-bond acceptors (Lipinski definition) is 2. The zero-order valence-electron chi connectivity index (χ0n) is 12.8. The third kappa shape index (κ3) is 4.43. The van der Waals surface area contributed by atoms with Gasteiger partial charge in [0.05, 0.1) is 5.71 Å². The Labute approximate surface area is 136 Å². The van der Waals surface area contributed by atoms with Gasteiger partial charge in [-0.05, 0) is 42.7 Å². The van der Waals surface area contributed by atoms with Gasteiger partial charge in [0.15, 0.2) is 0 Å². The van der Waals surface area contributed by atoms with Crippen molar-refractivity contribution in [3.63, 3.8) is 0 Å². The number of nitrogens with one attached hydrogen (secondary N) is 1. The molecule has 2 aromatic carbocycles. The number of carbonyl (C=O) groups excluding carboxylic acids is 1. The van der Waals surface area contributed by atoms with Crippen molar-refractivity contribution in [1.82, 2.24) is 5.43 Å². The summed E-state index contributed by atoms with van der Waals surface area (Å²) in [6, 6.07) is 15.0. The molecule has 0 spiro atoms. The molecule has 0 heterocycles. The van der Waals surface area contributed by atoms with Crippen LogP contribution in [0.2, 0.25) is 5.02 Å². The Kier molecular flexibility index (Phi) is 5.73. The standard InChI is InChI=1S/C18H19ClN2O/c1-3-5-14-8-10-15(11-9-14)13(2)20-21-18(22)16-6-4-7-17(19)12-16/h4,6-12H,3,5H2,1-2H3,(H,21,22)/b20-13+. The van der Waals surface area contributed by atoms with Crippen molar-refractivity contribution in [3.8, 4) is 0 Å². The summed E-state index contributed by atoms with van der Waals surface area (Å²) < 4.78 is 0. The lowest BCUT2D eigenvalue weighted by molar-refractivity contribution is 0.0955. The van der Waals surface area contributed by atoms with E-state index >= 15 is 0 Å². The summed E-state index contributed by atoms with van der Waals surface area (Å²) in [4.78, 5) is 12.0. The predicted molar refractivity (Wildman–Crippen MR) is 91.6 cm³/mol. The van der Waals surface area contributed by atoms with Crippen molar-refractivity contribution in [2.45, 2.75) is 26.7 Å². The number of halogens is 1. The lowest BCUT2D eigenvalue weighted by Gasteiger charge is -2.05. The Balaban J connectivity index is 2.04. The summed E-state index contributed by atoms with van der Waals surface area (Å²) in [5, 5.41) is 4.68. The van der Waals surface area contributed by atoms with E-state index < -0.39 is 0 Å². The van der Waals surface area contributed by atoms with Crippen LogP contribution in [-0.2, 0) is 6.42 Å². The molecule has 0 unspecified atom stereocenters. The molecule has 0 aliphatic carbocycles. The smallest absolute Gasteiger partial charge is 0.267 e. The molecule has 0 aliphatic heterocycles. The van der Waals surface area contributed by atoms with Crippen LogP contribution >= 0.6 is 11.6 Å². The normalized spacial score (nSPS) is 11.3. The molecule has 3 nitrogen and oxygen atoms in total. The van der Waals surface area contributed by atoms with Gasteiger partial charge >= 0.3 is 0 Å². The molecule has 22 heavy (non-hydrogen) atoms. The maximum Gasteiger partial charge on any atom is 0.271 e. The maximum absolute atomic E-state index is 12.0. The van der Waals surface area contributed by atoms with Gasteiger partial charge in [0.1, 0.15) is 0 Å². The Bertz CT molecular complexity index is 678. The third-order valence-corrected chi connectivity index (χ3v) is 3.56. The maximum atomic E-state index is 12.0. The monoisotopic (exact) mass is 314 g/mol. The average molecular weight is 315 g/mol. The number of carbonyl (C=O) groups is 1. The van der Waals surface area contributed by atoms with Crippen LogP contribution in [0.15, 0.2) is 53.6 Å². The van der Waals surface area contributed by atoms with Crippen LogP contribution < -0.4 is 5.43 Å². The van der Waals surface area contributed by atoms with Gasteiger partial charge in [-0.1, -0.05) is 55.3 Å². The van der Waals surface area contributed by atoms with Gasteiger partial charge in [-0.25, -0.2) is 5.43 Å². The minimum Gasteiger partial charge on any atom is -0.267 e. The first kappa shape index (κ1) is 16.2. The molecule has 2 aromatic rings. The first-order valence-corrected chi connectivity index (χ1v) is 7.67. The second-order valence-corrected chi connectivity index (χ2v) is 5.53. The lowest BCUT2D eigenvalue weighted by atomic mass is 10.1. The van der Waals surface area contributed by atoms with E-state index in [0.717, 1.165) is 24.1 Å². The van der Waals surface area contributed by atoms with Crippen LogP contribution in [0.4, 0.5) is 0 Å². The van der Waals surface area contributed by atoms with Gasteiger partial charge in [0.2, 0.25) is 0 Å². The highest BCUT2D eigenvalue weighted by molar-refractivity contribution is 6.30. The van der Waals surface area contributed by atoms with Gasteiger partial charge in [-0.2, -0.15) is 5.10 Å². The number of hydrogen-bond donors (Lipinski definition) is 1. The zero-order chi connectivity index (χ0) is 15.9. The topological polar surface area (TPSA) is 41.5 Å². The second kappa shape index (κ2) is 7.76. The number of rotatable bonds is 5. The fourth-order valence-corrected chi connectivity index (χ4v) is 2.29. The highest BCUT2D eigenvalue weighted by Crippen LogP contribution is 2.11. The number of benzene rings is 2. The number of amides is 1. The van der Waals surface area contributed by atoms with E-state index in [2.05, 4.69) is 29.6 Å². The van der Waals surface area contributed by atoms with Gasteiger partial charge in [0, 0.05) is 10.6 Å². The summed E-state index contributed by atoms with van der Waals surface area (Å²) in [5.74, 6) is -0.274. The van der Waals surface area contributed by atoms with Crippen molar-refractivity contribution >= 4 is 23.2 Å². The summed E-state index contributed by atoms with van der Waals surface area (Å²) in [5.41, 5.74) is 6.10. The molecule has 0 saturated carbocycles. The summed E-state index contributed by atoms with van der Waals surface area (Å²) >= 11 is 5.87. The Morgan fingerprint density at radius 2 is 1.86 bits per heavy atom. The summed E-state index contributed by atoms with van der Waals surface area (Å²) in [7, 11) is 0. The van der Waals surface area contributed by atoms with E-state index in [-0.39, 0.29) is 5.91 Å². The molecule has 4 heteroatoms. The Morgan fingerprint density at radius 1 is 1.14 bits per heavy atom. The summed E-state index contributed by atoms with van der Waals surface area (Å²) in [6.45, 7) is 4.03. The molecule has 0 fully saturated rings. The average Bonchev–Trinajstić information content (AvgIpc) is 2.53. The molecule has 0 aliphatic rings. The molecule has 114 valence electrons. The molecular formula is C18H19ClN2O. The molecule has 0 atom stereocenters. The molecule has 0 bridgehead atoms. The van der Waals surface area contributed by atoms with Crippen molar-refractivity contribution in [2.75, 3.05) is 0 Å². The molecular weight excluding hydrogens is 296 g/mol. The van der Waals surface area contributed by atoms with E-state index in [9.17, 15) is 4.79 Å². The predicted octanol–water partition coefficient (Wildman–Crippen LogP) is 4.45. The van der Waals surface area contributed by atoms with Crippen LogP contribution in [0.1, 0.15) is 41.8 Å². The van der Waals surface area contributed by atoms with E-state index in [1.165, 1.54) is 5.56 Å². The van der Waals surface area contributed by atoms with Crippen molar-refractivity contribution in [3.05, 3.63) is 70.2 Å². The fraction of sp³-hybridized carbons (Fsp3) is 0.222. The Hall–Kier alpha value is -2.13. The number of nitrogens with zero attached hydrogens (tertiary/aromatic N) is 1. The molecule has 0 aromatic heterocycles. The minimum absolute atomic E-state index is 0.274. The van der Waals surface area contributed by atoms with Crippen LogP contribution in [0.5, 0.6) is 0 Å². The first-order valence-electron chi connectivity index (χ1n) is 7.29. The van der Waals surface area contributed by atoms with E-state index in [1.54, 1.807) is 24.3 Å². The third-order valence-electron chi connectivity index (χ3n) is 3.32. The number of hydrazone groups is 1. The zero-order valence-corrected chi connectivity index (χ0v) is 13.5. The quantitative estimate of drug-likeness (QED) is 0.643. The second-order valence-electron chi connectivity index (χ2n) is 5.10. The van der Waals surface area contributed by atoms with Crippen LogP contribution in [0.25, 0.3) is 0 Å². The largest absolute Gasteiger partial charge is 0.271 e. The lowest BCUT2D eigenvalue weighted by Crippen LogP contribution is -2.19. The van der Waals surface area contributed by atoms with Gasteiger partial charge in [-0.15, -0.1) is 0 Å². The van der Waals surface area contributed by atoms with E-state index in [0.29, 0.717) is 10.6 Å².